The Hall–Kier alpha value is -0.760. The summed E-state index contributed by atoms with van der Waals surface area (Å²) in [5.41, 5.74) is 0.413. The Bertz CT molecular complexity index is 441. The first kappa shape index (κ1) is 15.1. The molecule has 1 saturated carbocycles. The molecule has 118 valence electrons. The van der Waals surface area contributed by atoms with Crippen molar-refractivity contribution in [3.63, 3.8) is 0 Å². The average molecular weight is 289 g/mol. The first-order valence-corrected chi connectivity index (χ1v) is 8.74. The van der Waals surface area contributed by atoms with Crippen LogP contribution in [0.1, 0.15) is 39.5 Å². The minimum absolute atomic E-state index is 0.413. The van der Waals surface area contributed by atoms with Crippen LogP contribution in [0.2, 0.25) is 0 Å². The molecular formula is C19H31NO. The van der Waals surface area contributed by atoms with E-state index in [2.05, 4.69) is 44.4 Å². The molecule has 0 radical (unpaired) electrons. The minimum atomic E-state index is 0.413. The van der Waals surface area contributed by atoms with Crippen LogP contribution in [0.15, 0.2) is 24.0 Å². The van der Waals surface area contributed by atoms with E-state index >= 15 is 0 Å². The second-order valence-corrected chi connectivity index (χ2v) is 7.47. The summed E-state index contributed by atoms with van der Waals surface area (Å²) >= 11 is 0. The highest BCUT2D eigenvalue weighted by atomic mass is 16.5. The highest BCUT2D eigenvalue weighted by molar-refractivity contribution is 5.24. The lowest BCUT2D eigenvalue weighted by Crippen LogP contribution is -2.42. The third kappa shape index (κ3) is 2.27. The molecule has 1 fully saturated rings. The number of nitrogens with one attached hydrogen (secondary N) is 1. The summed E-state index contributed by atoms with van der Waals surface area (Å²) < 4.78 is 5.77. The van der Waals surface area contributed by atoms with E-state index in [-0.39, 0.29) is 0 Å². The van der Waals surface area contributed by atoms with E-state index in [0.29, 0.717) is 11.3 Å². The molecule has 0 aliphatic heterocycles. The fourth-order valence-electron chi connectivity index (χ4n) is 5.73. The van der Waals surface area contributed by atoms with Gasteiger partial charge in [0, 0.05) is 5.92 Å². The van der Waals surface area contributed by atoms with Crippen LogP contribution >= 0.6 is 0 Å². The molecule has 3 rings (SSSR count). The van der Waals surface area contributed by atoms with Crippen LogP contribution in [0.4, 0.5) is 0 Å². The Balaban J connectivity index is 2.00. The van der Waals surface area contributed by atoms with E-state index in [1.54, 1.807) is 0 Å². The maximum absolute atomic E-state index is 5.77. The topological polar surface area (TPSA) is 21.3 Å². The maximum atomic E-state index is 5.77. The van der Waals surface area contributed by atoms with E-state index in [1.165, 1.54) is 31.4 Å². The zero-order chi connectivity index (χ0) is 15.0. The van der Waals surface area contributed by atoms with Gasteiger partial charge in [-0.15, -0.1) is 0 Å². The molecule has 0 spiro atoms. The zero-order valence-electron chi connectivity index (χ0n) is 14.1. The van der Waals surface area contributed by atoms with Gasteiger partial charge >= 0.3 is 0 Å². The quantitative estimate of drug-likeness (QED) is 0.790. The van der Waals surface area contributed by atoms with Crippen molar-refractivity contribution >= 4 is 0 Å². The van der Waals surface area contributed by atoms with Crippen LogP contribution in [-0.2, 0) is 4.74 Å². The van der Waals surface area contributed by atoms with Crippen LogP contribution in [0.5, 0.6) is 0 Å². The molecule has 6 atom stereocenters. The van der Waals surface area contributed by atoms with E-state index in [1.807, 2.05) is 7.11 Å². The Labute approximate surface area is 130 Å². The van der Waals surface area contributed by atoms with Crippen molar-refractivity contribution in [2.45, 2.75) is 39.5 Å². The molecule has 21 heavy (non-hydrogen) atoms. The maximum Gasteiger partial charge on any atom is 0.0949 e. The van der Waals surface area contributed by atoms with Crippen molar-refractivity contribution in [1.29, 1.82) is 0 Å². The Morgan fingerprint density at radius 1 is 1.38 bits per heavy atom. The highest BCUT2D eigenvalue weighted by Gasteiger charge is 2.57. The van der Waals surface area contributed by atoms with Gasteiger partial charge in [0.05, 0.1) is 12.9 Å². The molecule has 3 aliphatic rings. The Morgan fingerprint density at radius 3 is 2.86 bits per heavy atom. The van der Waals surface area contributed by atoms with Crippen LogP contribution < -0.4 is 5.32 Å². The summed E-state index contributed by atoms with van der Waals surface area (Å²) in [4.78, 5) is 0. The molecule has 0 amide bonds. The van der Waals surface area contributed by atoms with E-state index < -0.39 is 0 Å². The molecule has 0 aromatic rings. The lowest BCUT2D eigenvalue weighted by atomic mass is 9.59. The summed E-state index contributed by atoms with van der Waals surface area (Å²) in [7, 11) is 3.95. The third-order valence-corrected chi connectivity index (χ3v) is 6.55. The van der Waals surface area contributed by atoms with Gasteiger partial charge in [-0.2, -0.15) is 0 Å². The van der Waals surface area contributed by atoms with Crippen molar-refractivity contribution in [2.24, 2.45) is 35.0 Å². The molecule has 2 heteroatoms. The standard InChI is InChI=1S/C19H31NO/c1-5-19-9-8-13(2)10-15(19)11-16-17(21-4)7-6-14(12-20-3)18(16)19/h7-9,13-16,18,20H,5-6,10-12H2,1-4H3. The van der Waals surface area contributed by atoms with Gasteiger partial charge in [-0.3, -0.25) is 0 Å². The fraction of sp³-hybridized carbons (Fsp3) is 0.789. The van der Waals surface area contributed by atoms with Gasteiger partial charge < -0.3 is 10.1 Å². The van der Waals surface area contributed by atoms with Crippen LogP contribution in [0, 0.1) is 35.0 Å². The molecule has 1 N–H and O–H groups in total. The first-order valence-electron chi connectivity index (χ1n) is 8.74. The van der Waals surface area contributed by atoms with Gasteiger partial charge in [0.1, 0.15) is 0 Å². The lowest BCUT2D eigenvalue weighted by Gasteiger charge is -2.46. The molecule has 3 aliphatic carbocycles. The Kier molecular flexibility index (Phi) is 4.18. The molecule has 2 nitrogen and oxygen atoms in total. The van der Waals surface area contributed by atoms with Crippen LogP contribution in [0.3, 0.4) is 0 Å². The van der Waals surface area contributed by atoms with E-state index in [0.717, 1.165) is 30.2 Å². The zero-order valence-corrected chi connectivity index (χ0v) is 14.1. The van der Waals surface area contributed by atoms with Crippen LogP contribution in [-0.4, -0.2) is 20.7 Å². The van der Waals surface area contributed by atoms with E-state index in [4.69, 9.17) is 4.74 Å². The lowest BCUT2D eigenvalue weighted by molar-refractivity contribution is 0.0793. The second kappa shape index (κ2) is 5.79. The van der Waals surface area contributed by atoms with Gasteiger partial charge in [0.2, 0.25) is 0 Å². The average Bonchev–Trinajstić information content (AvgIpc) is 2.83. The van der Waals surface area contributed by atoms with Gasteiger partial charge in [0.25, 0.3) is 0 Å². The third-order valence-electron chi connectivity index (χ3n) is 6.55. The predicted molar refractivity (Wildman–Crippen MR) is 87.9 cm³/mol. The predicted octanol–water partition coefficient (Wildman–Crippen LogP) is 4.00. The molecule has 0 saturated heterocycles. The highest BCUT2D eigenvalue weighted by Crippen LogP contribution is 2.63. The number of hydrogen-bond acceptors (Lipinski definition) is 2. The molecule has 0 aromatic heterocycles. The van der Waals surface area contributed by atoms with Crippen molar-refractivity contribution in [3.8, 4) is 0 Å². The summed E-state index contributed by atoms with van der Waals surface area (Å²) in [6, 6.07) is 0. The number of ether oxygens (including phenoxy) is 1. The minimum Gasteiger partial charge on any atom is -0.501 e. The van der Waals surface area contributed by atoms with Crippen molar-refractivity contribution in [2.75, 3.05) is 20.7 Å². The normalized spacial score (nSPS) is 45.0. The van der Waals surface area contributed by atoms with Gasteiger partial charge in [-0.1, -0.05) is 26.0 Å². The number of fused-ring (bicyclic) bond motifs is 3. The van der Waals surface area contributed by atoms with Gasteiger partial charge in [-0.25, -0.2) is 0 Å². The fourth-order valence-corrected chi connectivity index (χ4v) is 5.73. The molecule has 0 heterocycles. The van der Waals surface area contributed by atoms with Crippen molar-refractivity contribution < 1.29 is 4.74 Å². The number of allylic oxidation sites excluding steroid dienone is 4. The monoisotopic (exact) mass is 289 g/mol. The largest absolute Gasteiger partial charge is 0.501 e. The summed E-state index contributed by atoms with van der Waals surface area (Å²) in [5, 5.41) is 3.43. The molecule has 6 unspecified atom stereocenters. The van der Waals surface area contributed by atoms with Gasteiger partial charge in [0.15, 0.2) is 0 Å². The van der Waals surface area contributed by atoms with Crippen LogP contribution in [0.25, 0.3) is 0 Å². The summed E-state index contributed by atoms with van der Waals surface area (Å²) in [6.07, 6.45) is 12.6. The number of methoxy groups -OCH3 is 1. The summed E-state index contributed by atoms with van der Waals surface area (Å²) in [5.74, 6) is 5.00. The number of hydrogen-bond donors (Lipinski definition) is 1. The van der Waals surface area contributed by atoms with E-state index in [9.17, 15) is 0 Å². The molecule has 0 aromatic carbocycles. The molecular weight excluding hydrogens is 258 g/mol. The summed E-state index contributed by atoms with van der Waals surface area (Å²) in [6.45, 7) is 5.90. The SMILES string of the molecule is CCC12C=CC(C)CC1CC1C(OC)=CCC(CNC)C12. The van der Waals surface area contributed by atoms with Crippen molar-refractivity contribution in [3.05, 3.63) is 24.0 Å². The first-order chi connectivity index (χ1) is 10.2. The Morgan fingerprint density at radius 2 is 2.19 bits per heavy atom. The second-order valence-electron chi connectivity index (χ2n) is 7.47. The number of rotatable bonds is 4. The van der Waals surface area contributed by atoms with Crippen molar-refractivity contribution in [1.82, 2.24) is 5.32 Å². The van der Waals surface area contributed by atoms with Gasteiger partial charge in [-0.05, 0) is 74.4 Å². The smallest absolute Gasteiger partial charge is 0.0949 e. The molecule has 0 bridgehead atoms.